The van der Waals surface area contributed by atoms with Crippen LogP contribution in [0.3, 0.4) is 0 Å². The maximum atomic E-state index is 13.9. The Kier molecular flexibility index (Phi) is 5.05. The minimum atomic E-state index is -0.938. The Labute approximate surface area is 183 Å². The summed E-state index contributed by atoms with van der Waals surface area (Å²) in [6, 6.07) is 6.73. The van der Waals surface area contributed by atoms with Gasteiger partial charge in [0.15, 0.2) is 0 Å². The largest absolute Gasteiger partial charge is 0.494 e. The zero-order valence-electron chi connectivity index (χ0n) is 17.8. The highest BCUT2D eigenvalue weighted by Gasteiger charge is 2.29. The molecule has 0 bridgehead atoms. The van der Waals surface area contributed by atoms with Crippen molar-refractivity contribution < 1.29 is 18.7 Å². The highest BCUT2D eigenvalue weighted by Crippen LogP contribution is 2.32. The number of carbonyl (C=O) groups is 1. The molecule has 5 rings (SSSR count). The number of fused-ring (bicyclic) bond motifs is 2. The molecule has 32 heavy (non-hydrogen) atoms. The van der Waals surface area contributed by atoms with Crippen molar-refractivity contribution in [3.8, 4) is 5.75 Å². The number of aromatic nitrogens is 2. The molecule has 166 valence electrons. The lowest BCUT2D eigenvalue weighted by Gasteiger charge is -2.21. The minimum Gasteiger partial charge on any atom is -0.494 e. The Bertz CT molecular complexity index is 1290. The van der Waals surface area contributed by atoms with Gasteiger partial charge in [0.25, 0.3) is 5.91 Å². The Morgan fingerprint density at radius 1 is 1.31 bits per heavy atom. The normalized spacial score (nSPS) is 17.6. The van der Waals surface area contributed by atoms with Gasteiger partial charge in [-0.05, 0) is 31.0 Å². The fourth-order valence-corrected chi connectivity index (χ4v) is 4.33. The summed E-state index contributed by atoms with van der Waals surface area (Å²) in [7, 11) is 1.50. The molecule has 2 aliphatic rings. The van der Waals surface area contributed by atoms with Gasteiger partial charge in [-0.2, -0.15) is 0 Å². The molecule has 2 aromatic heterocycles. The van der Waals surface area contributed by atoms with Crippen LogP contribution < -0.4 is 20.5 Å². The number of methoxy groups -OCH3 is 1. The zero-order chi connectivity index (χ0) is 22.4. The van der Waals surface area contributed by atoms with E-state index in [1.54, 1.807) is 18.2 Å². The fraction of sp³-hybridized carbons (Fsp3) is 0.348. The Hall–Kier alpha value is -3.46. The van der Waals surface area contributed by atoms with E-state index in [4.69, 9.17) is 9.47 Å². The highest BCUT2D eigenvalue weighted by molar-refractivity contribution is 6.09. The number of amides is 1. The number of pyridine rings is 2. The number of aryl methyl sites for hydroxylation is 1. The van der Waals surface area contributed by atoms with Gasteiger partial charge in [0.05, 0.1) is 43.6 Å². The lowest BCUT2D eigenvalue weighted by molar-refractivity contribution is 0.102. The van der Waals surface area contributed by atoms with Crippen LogP contribution >= 0.6 is 0 Å². The van der Waals surface area contributed by atoms with Gasteiger partial charge >= 0.3 is 0 Å². The average molecular weight is 438 g/mol. The number of alkyl halides is 1. The summed E-state index contributed by atoms with van der Waals surface area (Å²) in [5.74, 6) is 0.562. The van der Waals surface area contributed by atoms with Crippen LogP contribution in [-0.4, -0.2) is 42.2 Å². The molecule has 9 heteroatoms. The van der Waals surface area contributed by atoms with Gasteiger partial charge in [0.2, 0.25) is 5.56 Å². The number of H-pyrrole nitrogens is 1. The number of nitrogens with one attached hydrogen (secondary N) is 2. The molecule has 1 unspecified atom stereocenters. The molecular formula is C23H23FN4O4. The molecule has 3 aromatic rings. The second-order valence-corrected chi connectivity index (χ2v) is 8.16. The molecule has 2 N–H and O–H groups in total. The van der Waals surface area contributed by atoms with E-state index in [0.29, 0.717) is 54.5 Å². The molecule has 1 atom stereocenters. The van der Waals surface area contributed by atoms with E-state index < -0.39 is 6.17 Å². The lowest BCUT2D eigenvalue weighted by Crippen LogP contribution is -2.26. The number of hydrogen-bond donors (Lipinski definition) is 2. The van der Waals surface area contributed by atoms with E-state index in [9.17, 15) is 14.0 Å². The van der Waals surface area contributed by atoms with Gasteiger partial charge in [-0.25, -0.2) is 9.37 Å². The molecule has 8 nitrogen and oxygen atoms in total. The standard InChI is InChI=1S/C23H23FN4O4/c1-12-5-20(29)27-21-16(12)7-15(8-19(21)31-2)25-23(30)17-6-13-10-32-11-18(13)26-22(17)28-4-3-14(24)9-28/h5-8,14H,3-4,9-11H2,1-2H3,(H,25,30)(H,27,29). The third-order valence-electron chi connectivity index (χ3n) is 5.94. The van der Waals surface area contributed by atoms with Crippen LogP contribution in [0.25, 0.3) is 10.9 Å². The van der Waals surface area contributed by atoms with E-state index in [0.717, 1.165) is 22.2 Å². The predicted octanol–water partition coefficient (Wildman–Crippen LogP) is 3.07. The molecule has 2 aliphatic heterocycles. The number of halogens is 1. The van der Waals surface area contributed by atoms with Gasteiger partial charge in [0, 0.05) is 35.3 Å². The fourth-order valence-electron chi connectivity index (χ4n) is 4.33. The van der Waals surface area contributed by atoms with Crippen molar-refractivity contribution in [2.75, 3.05) is 30.4 Å². The van der Waals surface area contributed by atoms with Crippen molar-refractivity contribution in [1.29, 1.82) is 0 Å². The van der Waals surface area contributed by atoms with Crippen molar-refractivity contribution >= 4 is 28.3 Å². The van der Waals surface area contributed by atoms with Crippen molar-refractivity contribution in [3.63, 3.8) is 0 Å². The summed E-state index contributed by atoms with van der Waals surface area (Å²) < 4.78 is 24.8. The summed E-state index contributed by atoms with van der Waals surface area (Å²) >= 11 is 0. The molecule has 1 aromatic carbocycles. The maximum absolute atomic E-state index is 13.9. The van der Waals surface area contributed by atoms with Crippen LogP contribution in [-0.2, 0) is 18.0 Å². The van der Waals surface area contributed by atoms with E-state index >= 15 is 0 Å². The van der Waals surface area contributed by atoms with E-state index in [-0.39, 0.29) is 18.0 Å². The van der Waals surface area contributed by atoms with Crippen LogP contribution in [0, 0.1) is 6.92 Å². The average Bonchev–Trinajstić information content (AvgIpc) is 3.41. The van der Waals surface area contributed by atoms with Gasteiger partial charge in [-0.1, -0.05) is 0 Å². The number of aromatic amines is 1. The van der Waals surface area contributed by atoms with Crippen LogP contribution in [0.5, 0.6) is 5.75 Å². The summed E-state index contributed by atoms with van der Waals surface area (Å²) in [5, 5.41) is 3.68. The molecule has 0 aliphatic carbocycles. The van der Waals surface area contributed by atoms with Gasteiger partial charge in [-0.3, -0.25) is 9.59 Å². The van der Waals surface area contributed by atoms with E-state index in [1.165, 1.54) is 13.2 Å². The number of carbonyl (C=O) groups excluding carboxylic acids is 1. The summed E-state index contributed by atoms with van der Waals surface area (Å²) in [4.78, 5) is 34.5. The first-order valence-electron chi connectivity index (χ1n) is 10.5. The maximum Gasteiger partial charge on any atom is 0.259 e. The van der Waals surface area contributed by atoms with Crippen LogP contribution in [0.1, 0.15) is 33.6 Å². The number of rotatable bonds is 4. The third kappa shape index (κ3) is 3.58. The second-order valence-electron chi connectivity index (χ2n) is 8.16. The Balaban J connectivity index is 1.54. The van der Waals surface area contributed by atoms with Crippen LogP contribution in [0.15, 0.2) is 29.1 Å². The van der Waals surface area contributed by atoms with Crippen molar-refractivity contribution in [3.05, 3.63) is 57.0 Å². The van der Waals surface area contributed by atoms with Gasteiger partial charge in [0.1, 0.15) is 17.7 Å². The smallest absolute Gasteiger partial charge is 0.259 e. The first-order valence-corrected chi connectivity index (χ1v) is 10.5. The Morgan fingerprint density at radius 2 is 2.16 bits per heavy atom. The molecule has 1 amide bonds. The molecule has 1 saturated heterocycles. The number of ether oxygens (including phenoxy) is 2. The monoisotopic (exact) mass is 438 g/mol. The zero-order valence-corrected chi connectivity index (χ0v) is 17.8. The molecule has 0 spiro atoms. The first-order chi connectivity index (χ1) is 15.4. The molecule has 0 saturated carbocycles. The van der Waals surface area contributed by atoms with Gasteiger partial charge in [-0.15, -0.1) is 0 Å². The summed E-state index contributed by atoms with van der Waals surface area (Å²) in [5.41, 5.74) is 3.64. The minimum absolute atomic E-state index is 0.212. The number of anilines is 2. The SMILES string of the molecule is COc1cc(NC(=O)c2cc3c(nc2N2CCC(F)C2)COC3)cc2c(C)cc(=O)[nH]c12. The van der Waals surface area contributed by atoms with Crippen LogP contribution in [0.4, 0.5) is 15.9 Å². The highest BCUT2D eigenvalue weighted by atomic mass is 19.1. The summed E-state index contributed by atoms with van der Waals surface area (Å²) in [6.07, 6.45) is -0.525. The second kappa shape index (κ2) is 7.90. The number of nitrogens with zero attached hydrogens (tertiary/aromatic N) is 2. The third-order valence-corrected chi connectivity index (χ3v) is 5.94. The van der Waals surface area contributed by atoms with Crippen molar-refractivity contribution in [2.24, 2.45) is 0 Å². The molecular weight excluding hydrogens is 415 g/mol. The molecule has 1 fully saturated rings. The number of benzene rings is 1. The molecule has 0 radical (unpaired) electrons. The van der Waals surface area contributed by atoms with E-state index in [1.807, 2.05) is 11.8 Å². The topological polar surface area (TPSA) is 96.5 Å². The lowest BCUT2D eigenvalue weighted by atomic mass is 10.1. The number of hydrogen-bond acceptors (Lipinski definition) is 6. The van der Waals surface area contributed by atoms with Crippen LogP contribution in [0.2, 0.25) is 0 Å². The van der Waals surface area contributed by atoms with E-state index in [2.05, 4.69) is 15.3 Å². The van der Waals surface area contributed by atoms with Crippen molar-refractivity contribution in [2.45, 2.75) is 32.7 Å². The Morgan fingerprint density at radius 3 is 2.91 bits per heavy atom. The first kappa shape index (κ1) is 20.4. The van der Waals surface area contributed by atoms with Crippen molar-refractivity contribution in [1.82, 2.24) is 9.97 Å². The quantitative estimate of drug-likeness (QED) is 0.650. The molecule has 4 heterocycles. The van der Waals surface area contributed by atoms with Gasteiger partial charge < -0.3 is 24.7 Å². The summed E-state index contributed by atoms with van der Waals surface area (Å²) in [6.45, 7) is 3.32. The predicted molar refractivity (Wildman–Crippen MR) is 118 cm³/mol.